The number of hydrogen-bond acceptors (Lipinski definition) is 5. The first kappa shape index (κ1) is 21.3. The molecule has 2 aliphatic heterocycles. The molecule has 0 bridgehead atoms. The van der Waals surface area contributed by atoms with Crippen molar-refractivity contribution in [3.8, 4) is 11.5 Å². The summed E-state index contributed by atoms with van der Waals surface area (Å²) < 4.78 is 10.8. The Bertz CT molecular complexity index is 589. The molecule has 2 N–H and O–H groups in total. The van der Waals surface area contributed by atoms with Crippen LogP contribution in [0.3, 0.4) is 0 Å². The van der Waals surface area contributed by atoms with Crippen LogP contribution in [0.5, 0.6) is 11.5 Å². The second-order valence-corrected chi connectivity index (χ2v) is 7.69. The molecular weight excluding hydrogens is 463 g/mol. The van der Waals surface area contributed by atoms with Gasteiger partial charge >= 0.3 is 0 Å². The molecule has 0 saturated carbocycles. The minimum atomic E-state index is 0. The van der Waals surface area contributed by atoms with Gasteiger partial charge in [-0.3, -0.25) is 4.99 Å². The number of aliphatic imine (C=N–C) groups is 1. The molecule has 2 heterocycles. The molecule has 0 radical (unpaired) electrons. The summed E-state index contributed by atoms with van der Waals surface area (Å²) in [5.41, 5.74) is 7.31. The molecule has 1 aromatic rings. The van der Waals surface area contributed by atoms with Crippen LogP contribution in [0.4, 0.5) is 5.69 Å². The van der Waals surface area contributed by atoms with E-state index >= 15 is 0 Å². The molecule has 1 unspecified atom stereocenters. The number of anilines is 1. The molecular formula is C18H29IN4O2S. The molecule has 6 nitrogen and oxygen atoms in total. The average Bonchev–Trinajstić information content (AvgIpc) is 3.15. The Morgan fingerprint density at radius 2 is 1.81 bits per heavy atom. The maximum atomic E-state index is 6.17. The topological polar surface area (TPSA) is 63.3 Å². The van der Waals surface area contributed by atoms with E-state index in [-0.39, 0.29) is 24.0 Å². The number of hydrogen-bond donors (Lipinski definition) is 1. The van der Waals surface area contributed by atoms with Crippen LogP contribution >= 0.6 is 35.7 Å². The smallest absolute Gasteiger partial charge is 0.191 e. The molecule has 146 valence electrons. The minimum Gasteiger partial charge on any atom is -0.497 e. The molecule has 2 saturated heterocycles. The van der Waals surface area contributed by atoms with E-state index in [2.05, 4.69) is 26.9 Å². The second-order valence-electron chi connectivity index (χ2n) is 6.47. The molecule has 26 heavy (non-hydrogen) atoms. The van der Waals surface area contributed by atoms with Crippen molar-refractivity contribution in [1.82, 2.24) is 4.90 Å². The molecule has 2 fully saturated rings. The van der Waals surface area contributed by atoms with Gasteiger partial charge in [-0.2, -0.15) is 11.8 Å². The fraction of sp³-hybridized carbons (Fsp3) is 0.611. The third kappa shape index (κ3) is 5.48. The standard InChI is InChI=1S/C18H28N4O2S.HI/c1-23-16-9-15(10-17(11-16)24-2)22-4-3-14(13-22)12-20-18(19)21-5-7-25-8-6-21;/h9-11,14H,3-8,12-13H2,1-2H3,(H2,19,20);1H. The Labute approximate surface area is 177 Å². The van der Waals surface area contributed by atoms with Crippen molar-refractivity contribution in [3.05, 3.63) is 18.2 Å². The number of ether oxygens (including phenoxy) is 2. The molecule has 0 aromatic heterocycles. The summed E-state index contributed by atoms with van der Waals surface area (Å²) in [6, 6.07) is 6.03. The highest BCUT2D eigenvalue weighted by Gasteiger charge is 2.24. The van der Waals surface area contributed by atoms with Gasteiger partial charge in [0, 0.05) is 68.1 Å². The first-order valence-corrected chi connectivity index (χ1v) is 9.95. The normalized spacial score (nSPS) is 20.7. The van der Waals surface area contributed by atoms with E-state index in [0.29, 0.717) is 11.9 Å². The summed E-state index contributed by atoms with van der Waals surface area (Å²) in [6.45, 7) is 4.84. The summed E-state index contributed by atoms with van der Waals surface area (Å²) in [6.07, 6.45) is 1.13. The monoisotopic (exact) mass is 492 g/mol. The molecule has 0 aliphatic carbocycles. The van der Waals surface area contributed by atoms with Crippen LogP contribution in [-0.4, -0.2) is 69.3 Å². The molecule has 8 heteroatoms. The van der Waals surface area contributed by atoms with E-state index in [1.807, 2.05) is 17.8 Å². The Morgan fingerprint density at radius 1 is 1.15 bits per heavy atom. The lowest BCUT2D eigenvalue weighted by molar-refractivity contribution is 0.394. The Hall–Kier alpha value is -1.03. The fourth-order valence-electron chi connectivity index (χ4n) is 3.31. The summed E-state index contributed by atoms with van der Waals surface area (Å²) in [4.78, 5) is 9.24. The van der Waals surface area contributed by atoms with Crippen LogP contribution in [0.15, 0.2) is 23.2 Å². The lowest BCUT2D eigenvalue weighted by Gasteiger charge is -2.27. The summed E-state index contributed by atoms with van der Waals surface area (Å²) in [7, 11) is 3.36. The first-order valence-electron chi connectivity index (χ1n) is 8.80. The van der Waals surface area contributed by atoms with E-state index < -0.39 is 0 Å². The molecule has 3 rings (SSSR count). The third-order valence-electron chi connectivity index (χ3n) is 4.83. The van der Waals surface area contributed by atoms with Crippen LogP contribution in [-0.2, 0) is 0 Å². The Morgan fingerprint density at radius 3 is 2.42 bits per heavy atom. The van der Waals surface area contributed by atoms with Gasteiger partial charge < -0.3 is 25.0 Å². The molecule has 1 aromatic carbocycles. The van der Waals surface area contributed by atoms with Crippen molar-refractivity contribution in [1.29, 1.82) is 0 Å². The van der Waals surface area contributed by atoms with Crippen molar-refractivity contribution >= 4 is 47.4 Å². The van der Waals surface area contributed by atoms with Crippen LogP contribution in [0, 0.1) is 5.92 Å². The van der Waals surface area contributed by atoms with Gasteiger partial charge in [0.25, 0.3) is 0 Å². The summed E-state index contributed by atoms with van der Waals surface area (Å²) >= 11 is 1.98. The van der Waals surface area contributed by atoms with E-state index in [0.717, 1.165) is 67.8 Å². The number of thioether (sulfide) groups is 1. The Kier molecular flexibility index (Phi) is 8.46. The fourth-order valence-corrected chi connectivity index (χ4v) is 4.21. The third-order valence-corrected chi connectivity index (χ3v) is 5.78. The van der Waals surface area contributed by atoms with Gasteiger partial charge in [0.05, 0.1) is 14.2 Å². The van der Waals surface area contributed by atoms with Crippen LogP contribution in [0.2, 0.25) is 0 Å². The summed E-state index contributed by atoms with van der Waals surface area (Å²) in [5.74, 6) is 5.18. The van der Waals surface area contributed by atoms with Crippen LogP contribution in [0.25, 0.3) is 0 Å². The van der Waals surface area contributed by atoms with Gasteiger partial charge in [0.2, 0.25) is 0 Å². The molecule has 2 aliphatic rings. The lowest BCUT2D eigenvalue weighted by atomic mass is 10.1. The van der Waals surface area contributed by atoms with E-state index in [4.69, 9.17) is 15.2 Å². The van der Waals surface area contributed by atoms with E-state index in [1.165, 1.54) is 0 Å². The van der Waals surface area contributed by atoms with E-state index in [1.54, 1.807) is 14.2 Å². The van der Waals surface area contributed by atoms with Gasteiger partial charge in [-0.1, -0.05) is 0 Å². The van der Waals surface area contributed by atoms with Crippen molar-refractivity contribution in [3.63, 3.8) is 0 Å². The van der Waals surface area contributed by atoms with Crippen molar-refractivity contribution in [2.45, 2.75) is 6.42 Å². The highest BCUT2D eigenvalue weighted by Crippen LogP contribution is 2.31. The van der Waals surface area contributed by atoms with Gasteiger partial charge in [-0.15, -0.1) is 24.0 Å². The SMILES string of the molecule is COc1cc(OC)cc(N2CCC(CN=C(N)N3CCSCC3)C2)c1.I. The predicted molar refractivity (Wildman–Crippen MR) is 121 cm³/mol. The molecule has 1 atom stereocenters. The van der Waals surface area contributed by atoms with Crippen molar-refractivity contribution < 1.29 is 9.47 Å². The van der Waals surface area contributed by atoms with Crippen LogP contribution in [0.1, 0.15) is 6.42 Å². The van der Waals surface area contributed by atoms with Gasteiger partial charge in [-0.05, 0) is 12.3 Å². The second kappa shape index (κ2) is 10.3. The van der Waals surface area contributed by atoms with Gasteiger partial charge in [0.15, 0.2) is 5.96 Å². The van der Waals surface area contributed by atoms with Crippen LogP contribution < -0.4 is 20.1 Å². The van der Waals surface area contributed by atoms with Crippen molar-refractivity contribution in [2.24, 2.45) is 16.6 Å². The maximum absolute atomic E-state index is 6.17. The lowest BCUT2D eigenvalue weighted by Crippen LogP contribution is -2.43. The first-order chi connectivity index (χ1) is 12.2. The Balaban J connectivity index is 0.00000243. The quantitative estimate of drug-likeness (QED) is 0.387. The zero-order valence-electron chi connectivity index (χ0n) is 15.5. The number of guanidine groups is 1. The zero-order valence-corrected chi connectivity index (χ0v) is 18.7. The number of rotatable bonds is 5. The zero-order chi connectivity index (χ0) is 17.6. The van der Waals surface area contributed by atoms with Gasteiger partial charge in [0.1, 0.15) is 11.5 Å². The average molecular weight is 492 g/mol. The number of nitrogens with zero attached hydrogens (tertiary/aromatic N) is 3. The summed E-state index contributed by atoms with van der Waals surface area (Å²) in [5, 5.41) is 0. The maximum Gasteiger partial charge on any atom is 0.191 e. The van der Waals surface area contributed by atoms with E-state index in [9.17, 15) is 0 Å². The largest absolute Gasteiger partial charge is 0.497 e. The molecule has 0 spiro atoms. The van der Waals surface area contributed by atoms with Crippen molar-refractivity contribution in [2.75, 3.05) is 63.3 Å². The molecule has 0 amide bonds. The number of nitrogens with two attached hydrogens (primary N) is 1. The number of methoxy groups -OCH3 is 2. The highest BCUT2D eigenvalue weighted by molar-refractivity contribution is 14.0. The highest BCUT2D eigenvalue weighted by atomic mass is 127. The predicted octanol–water partition coefficient (Wildman–Crippen LogP) is 2.51. The van der Waals surface area contributed by atoms with Gasteiger partial charge in [-0.25, -0.2) is 0 Å². The number of halogens is 1. The number of benzene rings is 1. The minimum absolute atomic E-state index is 0.